The summed E-state index contributed by atoms with van der Waals surface area (Å²) in [7, 11) is 1.64. The molecule has 1 aromatic rings. The third-order valence-electron chi connectivity index (χ3n) is 4.71. The zero-order valence-corrected chi connectivity index (χ0v) is 11.4. The molecule has 0 amide bonds. The lowest BCUT2D eigenvalue weighted by atomic mass is 9.82. The highest BCUT2D eigenvalue weighted by Gasteiger charge is 2.43. The Balaban J connectivity index is 1.87. The number of benzene rings is 1. The minimum Gasteiger partial charge on any atom is -0.496 e. The van der Waals surface area contributed by atoms with Gasteiger partial charge in [-0.2, -0.15) is 0 Å². The molecule has 2 aliphatic carbocycles. The van der Waals surface area contributed by atoms with Crippen molar-refractivity contribution >= 4 is 11.6 Å². The molecule has 18 heavy (non-hydrogen) atoms. The van der Waals surface area contributed by atoms with E-state index in [1.165, 1.54) is 19.3 Å². The second-order valence-corrected chi connectivity index (χ2v) is 6.11. The molecule has 3 heteroatoms. The van der Waals surface area contributed by atoms with E-state index < -0.39 is 6.10 Å². The van der Waals surface area contributed by atoms with Crippen LogP contribution in [-0.4, -0.2) is 12.2 Å². The number of ether oxygens (including phenoxy) is 1. The molecule has 0 heterocycles. The van der Waals surface area contributed by atoms with Gasteiger partial charge in [0, 0.05) is 10.6 Å². The largest absolute Gasteiger partial charge is 0.496 e. The standard InChI is InChI=1S/C15H19ClO2/c1-18-14-5-4-11(16)8-13(14)15(17)12-7-9-2-3-10(12)6-9/h4-5,8-10,12,15,17H,2-3,6-7H2,1H3. The van der Waals surface area contributed by atoms with Crippen LogP contribution < -0.4 is 4.74 Å². The minimum atomic E-state index is -0.436. The van der Waals surface area contributed by atoms with Gasteiger partial charge in [-0.25, -0.2) is 0 Å². The number of methoxy groups -OCH3 is 1. The molecule has 4 unspecified atom stereocenters. The van der Waals surface area contributed by atoms with E-state index in [2.05, 4.69) is 0 Å². The number of aliphatic hydroxyl groups excluding tert-OH is 1. The molecule has 1 N–H and O–H groups in total. The maximum absolute atomic E-state index is 10.6. The van der Waals surface area contributed by atoms with Gasteiger partial charge in [-0.3, -0.25) is 0 Å². The topological polar surface area (TPSA) is 29.5 Å². The molecule has 2 bridgehead atoms. The van der Waals surface area contributed by atoms with Crippen molar-refractivity contribution in [3.05, 3.63) is 28.8 Å². The summed E-state index contributed by atoms with van der Waals surface area (Å²) in [6.07, 6.45) is 4.64. The molecule has 2 saturated carbocycles. The summed E-state index contributed by atoms with van der Waals surface area (Å²) in [5.74, 6) is 2.65. The Bertz CT molecular complexity index is 446. The Kier molecular flexibility index (Phi) is 3.25. The summed E-state index contributed by atoms with van der Waals surface area (Å²) >= 11 is 6.04. The summed E-state index contributed by atoms with van der Waals surface area (Å²) < 4.78 is 5.34. The fourth-order valence-corrected chi connectivity index (χ4v) is 4.03. The average Bonchev–Trinajstić information content (AvgIpc) is 3.00. The predicted molar refractivity (Wildman–Crippen MR) is 71.9 cm³/mol. The van der Waals surface area contributed by atoms with Gasteiger partial charge in [0.2, 0.25) is 0 Å². The third-order valence-corrected chi connectivity index (χ3v) is 4.94. The van der Waals surface area contributed by atoms with Crippen LogP contribution in [0.1, 0.15) is 37.4 Å². The smallest absolute Gasteiger partial charge is 0.124 e. The number of rotatable bonds is 3. The van der Waals surface area contributed by atoms with Crippen molar-refractivity contribution in [3.8, 4) is 5.75 Å². The maximum atomic E-state index is 10.6. The van der Waals surface area contributed by atoms with Crippen molar-refractivity contribution in [2.24, 2.45) is 17.8 Å². The number of hydrogen-bond acceptors (Lipinski definition) is 2. The van der Waals surface area contributed by atoms with Crippen LogP contribution >= 0.6 is 11.6 Å². The van der Waals surface area contributed by atoms with E-state index in [-0.39, 0.29) is 0 Å². The fourth-order valence-electron chi connectivity index (χ4n) is 3.85. The second-order valence-electron chi connectivity index (χ2n) is 5.67. The van der Waals surface area contributed by atoms with Gasteiger partial charge < -0.3 is 9.84 Å². The van der Waals surface area contributed by atoms with Crippen LogP contribution in [-0.2, 0) is 0 Å². The van der Waals surface area contributed by atoms with E-state index in [0.29, 0.717) is 16.9 Å². The van der Waals surface area contributed by atoms with Gasteiger partial charge in [-0.05, 0) is 55.2 Å². The summed E-state index contributed by atoms with van der Waals surface area (Å²) in [6, 6.07) is 5.49. The molecule has 0 spiro atoms. The molecule has 2 fully saturated rings. The van der Waals surface area contributed by atoms with Crippen LogP contribution in [0.25, 0.3) is 0 Å². The predicted octanol–water partition coefficient (Wildman–Crippen LogP) is 3.82. The van der Waals surface area contributed by atoms with Crippen LogP contribution in [0, 0.1) is 17.8 Å². The Morgan fingerprint density at radius 3 is 2.78 bits per heavy atom. The number of halogens is 1. The first kappa shape index (κ1) is 12.3. The van der Waals surface area contributed by atoms with Crippen molar-refractivity contribution in [1.29, 1.82) is 0 Å². The molecule has 3 rings (SSSR count). The first-order valence-electron chi connectivity index (χ1n) is 6.70. The van der Waals surface area contributed by atoms with Gasteiger partial charge in [0.15, 0.2) is 0 Å². The maximum Gasteiger partial charge on any atom is 0.124 e. The van der Waals surface area contributed by atoms with Crippen molar-refractivity contribution < 1.29 is 9.84 Å². The van der Waals surface area contributed by atoms with E-state index >= 15 is 0 Å². The molecular formula is C15H19ClO2. The quantitative estimate of drug-likeness (QED) is 0.901. The van der Waals surface area contributed by atoms with Crippen LogP contribution in [0.2, 0.25) is 5.02 Å². The first-order valence-corrected chi connectivity index (χ1v) is 7.08. The number of hydrogen-bond donors (Lipinski definition) is 1. The lowest BCUT2D eigenvalue weighted by molar-refractivity contribution is 0.0723. The van der Waals surface area contributed by atoms with E-state index in [1.807, 2.05) is 12.1 Å². The zero-order chi connectivity index (χ0) is 12.7. The SMILES string of the molecule is COc1ccc(Cl)cc1C(O)C1CC2CCC1C2. The number of aliphatic hydroxyl groups is 1. The molecule has 98 valence electrons. The highest BCUT2D eigenvalue weighted by Crippen LogP contribution is 2.53. The Hall–Kier alpha value is -0.730. The Morgan fingerprint density at radius 2 is 2.17 bits per heavy atom. The summed E-state index contributed by atoms with van der Waals surface area (Å²) in [4.78, 5) is 0. The second kappa shape index (κ2) is 4.75. The van der Waals surface area contributed by atoms with Crippen LogP contribution in [0.15, 0.2) is 18.2 Å². The Morgan fingerprint density at radius 1 is 1.33 bits per heavy atom. The van der Waals surface area contributed by atoms with Gasteiger partial charge in [-0.1, -0.05) is 18.0 Å². The molecule has 4 atom stereocenters. The summed E-state index contributed by atoms with van der Waals surface area (Å²) in [5.41, 5.74) is 0.850. The van der Waals surface area contributed by atoms with Crippen LogP contribution in [0.3, 0.4) is 0 Å². The summed E-state index contributed by atoms with van der Waals surface area (Å²) in [6.45, 7) is 0. The molecule has 2 nitrogen and oxygen atoms in total. The van der Waals surface area contributed by atoms with Crippen LogP contribution in [0.5, 0.6) is 5.75 Å². The molecule has 0 radical (unpaired) electrons. The molecule has 0 aliphatic heterocycles. The van der Waals surface area contributed by atoms with Gasteiger partial charge in [-0.15, -0.1) is 0 Å². The zero-order valence-electron chi connectivity index (χ0n) is 10.6. The van der Waals surface area contributed by atoms with Crippen molar-refractivity contribution in [2.75, 3.05) is 7.11 Å². The lowest BCUT2D eigenvalue weighted by Gasteiger charge is -2.28. The molecule has 1 aromatic carbocycles. The van der Waals surface area contributed by atoms with Gasteiger partial charge in [0.05, 0.1) is 13.2 Å². The molecule has 2 aliphatic rings. The van der Waals surface area contributed by atoms with E-state index in [9.17, 15) is 5.11 Å². The average molecular weight is 267 g/mol. The van der Waals surface area contributed by atoms with Crippen molar-refractivity contribution in [1.82, 2.24) is 0 Å². The highest BCUT2D eigenvalue weighted by molar-refractivity contribution is 6.30. The lowest BCUT2D eigenvalue weighted by Crippen LogP contribution is -2.19. The van der Waals surface area contributed by atoms with Gasteiger partial charge in [0.1, 0.15) is 5.75 Å². The fraction of sp³-hybridized carbons (Fsp3) is 0.600. The first-order chi connectivity index (χ1) is 8.69. The van der Waals surface area contributed by atoms with E-state index in [1.54, 1.807) is 13.2 Å². The van der Waals surface area contributed by atoms with E-state index in [0.717, 1.165) is 23.7 Å². The van der Waals surface area contributed by atoms with Crippen molar-refractivity contribution in [2.45, 2.75) is 31.8 Å². The monoisotopic (exact) mass is 266 g/mol. The minimum absolute atomic E-state index is 0.385. The highest BCUT2D eigenvalue weighted by atomic mass is 35.5. The molecule has 0 aromatic heterocycles. The van der Waals surface area contributed by atoms with Crippen LogP contribution in [0.4, 0.5) is 0 Å². The van der Waals surface area contributed by atoms with E-state index in [4.69, 9.17) is 16.3 Å². The normalized spacial score (nSPS) is 31.6. The summed E-state index contributed by atoms with van der Waals surface area (Å²) in [5, 5.41) is 11.3. The Labute approximate surface area is 113 Å². The van der Waals surface area contributed by atoms with Gasteiger partial charge >= 0.3 is 0 Å². The van der Waals surface area contributed by atoms with Crippen molar-refractivity contribution in [3.63, 3.8) is 0 Å². The number of fused-ring (bicyclic) bond motifs is 2. The third kappa shape index (κ3) is 2.02. The van der Waals surface area contributed by atoms with Gasteiger partial charge in [0.25, 0.3) is 0 Å². The molecule has 0 saturated heterocycles. The molecular weight excluding hydrogens is 248 g/mol.